The molecule has 2 heterocycles. The second-order valence-corrected chi connectivity index (χ2v) is 9.46. The number of furan rings is 1. The summed E-state index contributed by atoms with van der Waals surface area (Å²) in [7, 11) is 1.08. The highest BCUT2D eigenvalue weighted by Gasteiger charge is 2.59. The van der Waals surface area contributed by atoms with Crippen molar-refractivity contribution in [2.75, 3.05) is 0 Å². The van der Waals surface area contributed by atoms with Gasteiger partial charge in [0.15, 0.2) is 0 Å². The third kappa shape index (κ3) is 4.59. The molecule has 0 saturated heterocycles. The predicted octanol–water partition coefficient (Wildman–Crippen LogP) is 6.04. The molecule has 3 N–H and O–H groups in total. The fourth-order valence-electron chi connectivity index (χ4n) is 3.72. The van der Waals surface area contributed by atoms with Crippen LogP contribution in [0.25, 0.3) is 22.6 Å². The molecular weight excluding hydrogens is 514 g/mol. The molecule has 0 radical (unpaired) electrons. The highest BCUT2D eigenvalue weighted by atomic mass is 35.5. The van der Waals surface area contributed by atoms with Crippen LogP contribution in [0.2, 0.25) is 5.02 Å². The third-order valence-electron chi connectivity index (χ3n) is 5.85. The van der Waals surface area contributed by atoms with Crippen LogP contribution in [0, 0.1) is 0 Å². The van der Waals surface area contributed by atoms with Gasteiger partial charge in [0.05, 0.1) is 27.5 Å². The molecule has 0 spiro atoms. The number of nitrogens with two attached hydrogens (primary N) is 1. The van der Waals surface area contributed by atoms with Crippen molar-refractivity contribution >= 4 is 17.5 Å². The first kappa shape index (κ1) is 26.1. The lowest BCUT2D eigenvalue weighted by Gasteiger charge is -2.23. The van der Waals surface area contributed by atoms with Gasteiger partial charge < -0.3 is 15.5 Å². The zero-order valence-corrected chi connectivity index (χ0v) is 20.0. The van der Waals surface area contributed by atoms with E-state index in [2.05, 4.69) is 10.4 Å². The average Bonchev–Trinajstić information content (AvgIpc) is 3.13. The van der Waals surface area contributed by atoms with Gasteiger partial charge in [-0.25, -0.2) is 8.78 Å². The summed E-state index contributed by atoms with van der Waals surface area (Å²) in [5.41, 5.74) is 1.79. The smallest absolute Gasteiger partial charge is 0.353 e. The SMILES string of the molecule is Cn1nc(C(F)(F)C(C)(F)F)c(C(C)(F)F)c1-c1coc(-c2ccc(Cl)c(C(=O)NC3(N)CC3)c2)c1. The van der Waals surface area contributed by atoms with Crippen molar-refractivity contribution < 1.29 is 35.6 Å². The molecule has 0 aliphatic heterocycles. The Morgan fingerprint density at radius 1 is 1.14 bits per heavy atom. The van der Waals surface area contributed by atoms with Crippen LogP contribution < -0.4 is 11.1 Å². The number of amides is 1. The van der Waals surface area contributed by atoms with Gasteiger partial charge in [-0.15, -0.1) is 0 Å². The second-order valence-electron chi connectivity index (χ2n) is 9.05. The van der Waals surface area contributed by atoms with Gasteiger partial charge in [0.1, 0.15) is 17.7 Å². The standard InChI is InChI=1S/C23H21ClF6N4O2/c1-20(25,26)16-17(34(3)33-18(16)23(29,30)21(2,27)28)12-9-15(36-10-12)11-4-5-14(24)13(8-11)19(35)32-22(31)6-7-22/h4-5,8-10H,6-7,31H2,1-3H3,(H,32,35). The molecule has 6 nitrogen and oxygen atoms in total. The molecule has 1 aromatic carbocycles. The van der Waals surface area contributed by atoms with E-state index < -0.39 is 46.3 Å². The van der Waals surface area contributed by atoms with Gasteiger partial charge in [-0.1, -0.05) is 11.6 Å². The number of halogens is 7. The molecule has 0 bridgehead atoms. The lowest BCUT2D eigenvalue weighted by Crippen LogP contribution is -2.43. The van der Waals surface area contributed by atoms with E-state index in [4.69, 9.17) is 21.8 Å². The monoisotopic (exact) mass is 534 g/mol. The van der Waals surface area contributed by atoms with Crippen molar-refractivity contribution in [3.8, 4) is 22.6 Å². The first-order valence-electron chi connectivity index (χ1n) is 10.7. The second kappa shape index (κ2) is 8.27. The maximum Gasteiger partial charge on any atom is 0.353 e. The first-order valence-corrected chi connectivity index (χ1v) is 11.0. The number of hydrogen-bond acceptors (Lipinski definition) is 4. The van der Waals surface area contributed by atoms with E-state index in [9.17, 15) is 31.1 Å². The van der Waals surface area contributed by atoms with Crippen LogP contribution in [-0.2, 0) is 18.9 Å². The minimum atomic E-state index is -4.97. The van der Waals surface area contributed by atoms with E-state index in [0.29, 0.717) is 30.0 Å². The molecule has 1 amide bonds. The number of aromatic nitrogens is 2. The number of carbonyl (C=O) groups is 1. The number of nitrogens with one attached hydrogen (secondary N) is 1. The summed E-state index contributed by atoms with van der Waals surface area (Å²) in [6.07, 6.45) is 2.22. The van der Waals surface area contributed by atoms with Crippen molar-refractivity contribution in [3.05, 3.63) is 52.4 Å². The van der Waals surface area contributed by atoms with Crippen LogP contribution in [-0.4, -0.2) is 27.3 Å². The summed E-state index contributed by atoms with van der Waals surface area (Å²) in [5.74, 6) is -14.0. The molecule has 36 heavy (non-hydrogen) atoms. The number of benzene rings is 1. The van der Waals surface area contributed by atoms with E-state index >= 15 is 0 Å². The summed E-state index contributed by atoms with van der Waals surface area (Å²) < 4.78 is 91.4. The zero-order chi connectivity index (χ0) is 26.8. The van der Waals surface area contributed by atoms with Crippen molar-refractivity contribution in [1.82, 2.24) is 15.1 Å². The summed E-state index contributed by atoms with van der Waals surface area (Å²) in [4.78, 5) is 12.6. The van der Waals surface area contributed by atoms with Gasteiger partial charge in [0, 0.05) is 32.0 Å². The van der Waals surface area contributed by atoms with Crippen LogP contribution in [0.3, 0.4) is 0 Å². The Balaban J connectivity index is 1.78. The molecular formula is C23H21ClF6N4O2. The Labute approximate surface area is 206 Å². The van der Waals surface area contributed by atoms with Gasteiger partial charge >= 0.3 is 11.8 Å². The predicted molar refractivity (Wildman–Crippen MR) is 119 cm³/mol. The molecule has 2 aromatic heterocycles. The summed E-state index contributed by atoms with van der Waals surface area (Å²) in [5, 5.41) is 6.12. The van der Waals surface area contributed by atoms with Crippen LogP contribution in [0.15, 0.2) is 34.9 Å². The number of aryl methyl sites for hydroxylation is 1. The topological polar surface area (TPSA) is 86.1 Å². The van der Waals surface area contributed by atoms with Crippen molar-refractivity contribution in [1.29, 1.82) is 0 Å². The Morgan fingerprint density at radius 3 is 2.33 bits per heavy atom. The Kier molecular flexibility index (Phi) is 5.99. The fourth-order valence-corrected chi connectivity index (χ4v) is 3.92. The highest BCUT2D eigenvalue weighted by Crippen LogP contribution is 2.49. The van der Waals surface area contributed by atoms with E-state index in [1.807, 2.05) is 0 Å². The van der Waals surface area contributed by atoms with E-state index in [-0.39, 0.29) is 28.8 Å². The third-order valence-corrected chi connectivity index (χ3v) is 6.18. The van der Waals surface area contributed by atoms with E-state index in [0.717, 1.165) is 13.3 Å². The van der Waals surface area contributed by atoms with Crippen LogP contribution in [0.5, 0.6) is 0 Å². The molecule has 0 unspecified atom stereocenters. The molecule has 1 aliphatic rings. The fraction of sp³-hybridized carbons (Fsp3) is 0.391. The highest BCUT2D eigenvalue weighted by molar-refractivity contribution is 6.34. The molecule has 4 rings (SSSR count). The van der Waals surface area contributed by atoms with Crippen molar-refractivity contribution in [2.24, 2.45) is 12.8 Å². The minimum Gasteiger partial charge on any atom is -0.464 e. The Hall–Kier alpha value is -2.99. The molecule has 1 aliphatic carbocycles. The maximum absolute atomic E-state index is 14.5. The Bertz CT molecular complexity index is 1340. The van der Waals surface area contributed by atoms with Crippen LogP contribution in [0.1, 0.15) is 48.3 Å². The number of carbonyl (C=O) groups excluding carboxylic acids is 1. The van der Waals surface area contributed by atoms with E-state index in [1.165, 1.54) is 24.3 Å². The maximum atomic E-state index is 14.5. The number of hydrogen-bond donors (Lipinski definition) is 2. The molecule has 13 heteroatoms. The number of rotatable bonds is 7. The van der Waals surface area contributed by atoms with Crippen molar-refractivity contribution in [2.45, 2.75) is 50.1 Å². The van der Waals surface area contributed by atoms with Gasteiger partial charge in [0.2, 0.25) is 0 Å². The molecule has 0 atom stereocenters. The molecule has 1 fully saturated rings. The lowest BCUT2D eigenvalue weighted by molar-refractivity contribution is -0.208. The number of alkyl halides is 6. The van der Waals surface area contributed by atoms with Crippen LogP contribution >= 0.6 is 11.6 Å². The lowest BCUT2D eigenvalue weighted by atomic mass is 9.97. The zero-order valence-electron chi connectivity index (χ0n) is 19.2. The van der Waals surface area contributed by atoms with Gasteiger partial charge in [-0.05, 0) is 37.1 Å². The molecule has 3 aromatic rings. The number of nitrogens with zero attached hydrogens (tertiary/aromatic N) is 2. The Morgan fingerprint density at radius 2 is 1.78 bits per heavy atom. The molecule has 194 valence electrons. The van der Waals surface area contributed by atoms with Crippen LogP contribution in [0.4, 0.5) is 26.3 Å². The quantitative estimate of drug-likeness (QED) is 0.286. The van der Waals surface area contributed by atoms with Crippen molar-refractivity contribution in [3.63, 3.8) is 0 Å². The molecule has 1 saturated carbocycles. The van der Waals surface area contributed by atoms with Gasteiger partial charge in [0.25, 0.3) is 11.8 Å². The normalized spacial score (nSPS) is 15.8. The summed E-state index contributed by atoms with van der Waals surface area (Å²) >= 11 is 6.14. The largest absolute Gasteiger partial charge is 0.464 e. The van der Waals surface area contributed by atoms with Gasteiger partial charge in [-0.2, -0.15) is 22.7 Å². The average molecular weight is 535 g/mol. The summed E-state index contributed by atoms with van der Waals surface area (Å²) in [6.45, 7) is 0.245. The minimum absolute atomic E-state index is 0.0706. The summed E-state index contributed by atoms with van der Waals surface area (Å²) in [6, 6.07) is 5.55. The van der Waals surface area contributed by atoms with E-state index in [1.54, 1.807) is 0 Å². The first-order chi connectivity index (χ1) is 16.4. The van der Waals surface area contributed by atoms with Gasteiger partial charge in [-0.3, -0.25) is 9.48 Å².